The Hall–Kier alpha value is -2.15. The Labute approximate surface area is 171 Å². The lowest BCUT2D eigenvalue weighted by atomic mass is 10.1. The predicted molar refractivity (Wildman–Crippen MR) is 114 cm³/mol. The van der Waals surface area contributed by atoms with Crippen molar-refractivity contribution in [1.82, 2.24) is 10.2 Å². The highest BCUT2D eigenvalue weighted by molar-refractivity contribution is 7.08. The molecule has 0 radical (unpaired) electrons. The Bertz CT molecular complexity index is 755. The van der Waals surface area contributed by atoms with Crippen LogP contribution >= 0.6 is 11.3 Å². The molecule has 1 N–H and O–H groups in total. The maximum Gasteiger partial charge on any atom is 0.244 e. The van der Waals surface area contributed by atoms with Gasteiger partial charge in [-0.2, -0.15) is 11.3 Å². The molecular weight excluding hydrogens is 372 g/mol. The number of hydrogen-bond donors (Lipinski definition) is 1. The summed E-state index contributed by atoms with van der Waals surface area (Å²) in [6.07, 6.45) is 5.56. The van der Waals surface area contributed by atoms with Crippen molar-refractivity contribution in [3.05, 3.63) is 58.3 Å². The average molecular weight is 401 g/mol. The summed E-state index contributed by atoms with van der Waals surface area (Å²) in [5, 5.41) is 6.90. The van der Waals surface area contributed by atoms with E-state index in [-0.39, 0.29) is 5.91 Å². The van der Waals surface area contributed by atoms with Gasteiger partial charge < -0.3 is 14.8 Å². The van der Waals surface area contributed by atoms with Crippen LogP contribution in [-0.4, -0.2) is 50.3 Å². The lowest BCUT2D eigenvalue weighted by molar-refractivity contribution is -0.116. The molecule has 0 saturated carbocycles. The quantitative estimate of drug-likeness (QED) is 0.654. The monoisotopic (exact) mass is 400 g/mol. The van der Waals surface area contributed by atoms with Crippen LogP contribution in [0.15, 0.2) is 47.2 Å². The summed E-state index contributed by atoms with van der Waals surface area (Å²) in [4.78, 5) is 14.3. The Morgan fingerprint density at radius 1 is 1.36 bits per heavy atom. The van der Waals surface area contributed by atoms with E-state index in [0.29, 0.717) is 19.2 Å². The van der Waals surface area contributed by atoms with Crippen LogP contribution in [0, 0.1) is 0 Å². The summed E-state index contributed by atoms with van der Waals surface area (Å²) in [6, 6.07) is 10.5. The van der Waals surface area contributed by atoms with Crippen LogP contribution in [0.2, 0.25) is 0 Å². The van der Waals surface area contributed by atoms with E-state index in [9.17, 15) is 4.79 Å². The van der Waals surface area contributed by atoms with Gasteiger partial charge in [-0.25, -0.2) is 0 Å². The van der Waals surface area contributed by atoms with Gasteiger partial charge in [0, 0.05) is 38.4 Å². The fourth-order valence-electron chi connectivity index (χ4n) is 3.15. The third-order valence-corrected chi connectivity index (χ3v) is 5.56. The molecule has 0 aliphatic carbocycles. The molecule has 0 bridgehead atoms. The van der Waals surface area contributed by atoms with Gasteiger partial charge in [0.25, 0.3) is 0 Å². The van der Waals surface area contributed by atoms with Crippen molar-refractivity contribution >= 4 is 23.3 Å². The third-order valence-electron chi connectivity index (χ3n) is 4.86. The Morgan fingerprint density at radius 3 is 3.00 bits per heavy atom. The minimum Gasteiger partial charge on any atom is -0.492 e. The van der Waals surface area contributed by atoms with E-state index in [4.69, 9.17) is 9.47 Å². The number of nitrogens with one attached hydrogen (secondary N) is 1. The first kappa shape index (κ1) is 20.6. The van der Waals surface area contributed by atoms with Gasteiger partial charge >= 0.3 is 0 Å². The molecule has 1 aromatic heterocycles. The van der Waals surface area contributed by atoms with E-state index in [1.165, 1.54) is 0 Å². The van der Waals surface area contributed by atoms with E-state index in [1.54, 1.807) is 17.4 Å². The van der Waals surface area contributed by atoms with E-state index in [2.05, 4.69) is 17.3 Å². The van der Waals surface area contributed by atoms with Gasteiger partial charge in [0.15, 0.2) is 0 Å². The lowest BCUT2D eigenvalue weighted by Gasteiger charge is -2.31. The van der Waals surface area contributed by atoms with Gasteiger partial charge in [0.1, 0.15) is 12.4 Å². The van der Waals surface area contributed by atoms with Crippen molar-refractivity contribution in [2.24, 2.45) is 0 Å². The van der Waals surface area contributed by atoms with Crippen LogP contribution < -0.4 is 10.1 Å². The highest BCUT2D eigenvalue weighted by atomic mass is 32.1. The van der Waals surface area contributed by atoms with Crippen molar-refractivity contribution in [2.45, 2.75) is 25.4 Å². The van der Waals surface area contributed by atoms with Crippen LogP contribution in [-0.2, 0) is 16.1 Å². The largest absolute Gasteiger partial charge is 0.492 e. The molecule has 6 heteroatoms. The number of carbonyl (C=O) groups excluding carboxylic acids is 1. The molecule has 0 unspecified atom stereocenters. The molecule has 150 valence electrons. The molecule has 28 heavy (non-hydrogen) atoms. The molecule has 5 nitrogen and oxygen atoms in total. The number of nitrogens with zero attached hydrogens (tertiary/aromatic N) is 1. The van der Waals surface area contributed by atoms with Crippen LogP contribution in [0.25, 0.3) is 6.08 Å². The zero-order chi connectivity index (χ0) is 19.6. The lowest BCUT2D eigenvalue weighted by Crippen LogP contribution is -2.38. The van der Waals surface area contributed by atoms with E-state index in [0.717, 1.165) is 49.5 Å². The summed E-state index contributed by atoms with van der Waals surface area (Å²) in [5.41, 5.74) is 2.06. The van der Waals surface area contributed by atoms with E-state index >= 15 is 0 Å². The third kappa shape index (κ3) is 6.78. The molecule has 1 aromatic carbocycles. The number of thiophene rings is 1. The van der Waals surface area contributed by atoms with Crippen molar-refractivity contribution in [3.8, 4) is 5.75 Å². The highest BCUT2D eigenvalue weighted by Gasteiger charge is 2.17. The number of benzene rings is 1. The first-order chi connectivity index (χ1) is 13.7. The highest BCUT2D eigenvalue weighted by Crippen LogP contribution is 2.15. The number of ether oxygens (including phenoxy) is 2. The van der Waals surface area contributed by atoms with Crippen molar-refractivity contribution in [3.63, 3.8) is 0 Å². The SMILES string of the molecule is CN(CCOc1cccc(CNC(=O)/C=C/c2ccsc2)c1)C1CCOCC1. The van der Waals surface area contributed by atoms with Gasteiger partial charge in [-0.05, 0) is 66.1 Å². The van der Waals surface area contributed by atoms with E-state index in [1.807, 2.05) is 47.2 Å². The van der Waals surface area contributed by atoms with Crippen molar-refractivity contribution in [2.75, 3.05) is 33.4 Å². The van der Waals surface area contributed by atoms with Crippen molar-refractivity contribution in [1.29, 1.82) is 0 Å². The van der Waals surface area contributed by atoms with Crippen LogP contribution in [0.4, 0.5) is 0 Å². The molecule has 1 saturated heterocycles. The predicted octanol–water partition coefficient (Wildman–Crippen LogP) is 3.57. The first-order valence-electron chi connectivity index (χ1n) is 9.68. The zero-order valence-electron chi connectivity index (χ0n) is 16.3. The average Bonchev–Trinajstić information content (AvgIpc) is 3.25. The molecule has 1 aliphatic rings. The minimum absolute atomic E-state index is 0.101. The molecule has 1 aliphatic heterocycles. The molecule has 2 aromatic rings. The molecule has 1 amide bonds. The summed E-state index contributed by atoms with van der Waals surface area (Å²) in [6.45, 7) is 3.72. The van der Waals surface area contributed by atoms with E-state index < -0.39 is 0 Å². The topological polar surface area (TPSA) is 50.8 Å². The van der Waals surface area contributed by atoms with Gasteiger partial charge in [-0.15, -0.1) is 0 Å². The minimum atomic E-state index is -0.101. The van der Waals surface area contributed by atoms with Crippen LogP contribution in [0.1, 0.15) is 24.0 Å². The summed E-state index contributed by atoms with van der Waals surface area (Å²) in [7, 11) is 2.15. The standard InChI is InChI=1S/C22H28N2O3S/c1-24(20-7-11-26-12-8-20)10-13-27-21-4-2-3-19(15-21)16-23-22(25)6-5-18-9-14-28-17-18/h2-6,9,14-15,17,20H,7-8,10-13,16H2,1H3,(H,23,25)/b6-5+. The zero-order valence-corrected chi connectivity index (χ0v) is 17.1. The second-order valence-corrected chi connectivity index (χ2v) is 7.71. The Balaban J connectivity index is 1.40. The number of likely N-dealkylation sites (N-methyl/N-ethyl adjacent to an activating group) is 1. The number of rotatable bonds is 9. The second kappa shape index (κ2) is 11.0. The molecule has 2 heterocycles. The smallest absolute Gasteiger partial charge is 0.244 e. The molecular formula is C22H28N2O3S. The van der Waals surface area contributed by atoms with Crippen LogP contribution in [0.3, 0.4) is 0 Å². The maximum absolute atomic E-state index is 12.0. The fraction of sp³-hybridized carbons (Fsp3) is 0.409. The number of hydrogen-bond acceptors (Lipinski definition) is 5. The van der Waals surface area contributed by atoms with Gasteiger partial charge in [0.05, 0.1) is 0 Å². The molecule has 0 spiro atoms. The number of amides is 1. The normalized spacial score (nSPS) is 15.2. The molecule has 0 atom stereocenters. The Morgan fingerprint density at radius 2 is 2.21 bits per heavy atom. The second-order valence-electron chi connectivity index (χ2n) is 6.93. The Kier molecular flexibility index (Phi) is 8.08. The van der Waals surface area contributed by atoms with Crippen molar-refractivity contribution < 1.29 is 14.3 Å². The first-order valence-corrected chi connectivity index (χ1v) is 10.6. The molecule has 3 rings (SSSR count). The van der Waals surface area contributed by atoms with Crippen LogP contribution in [0.5, 0.6) is 5.75 Å². The van der Waals surface area contributed by atoms with Gasteiger partial charge in [-0.3, -0.25) is 9.69 Å². The summed E-state index contributed by atoms with van der Waals surface area (Å²) >= 11 is 1.61. The van der Waals surface area contributed by atoms with Gasteiger partial charge in [-0.1, -0.05) is 12.1 Å². The summed E-state index contributed by atoms with van der Waals surface area (Å²) < 4.78 is 11.3. The summed E-state index contributed by atoms with van der Waals surface area (Å²) in [5.74, 6) is 0.733. The van der Waals surface area contributed by atoms with Gasteiger partial charge in [0.2, 0.25) is 5.91 Å². The maximum atomic E-state index is 12.0. The molecule has 1 fully saturated rings. The number of carbonyl (C=O) groups is 1. The fourth-order valence-corrected chi connectivity index (χ4v) is 3.78.